The van der Waals surface area contributed by atoms with Crippen LogP contribution in [0.15, 0.2) is 12.1 Å². The van der Waals surface area contributed by atoms with Crippen LogP contribution in [0.1, 0.15) is 22.8 Å². The van der Waals surface area contributed by atoms with Crippen LogP contribution in [0.3, 0.4) is 0 Å². The lowest BCUT2D eigenvalue weighted by Gasteiger charge is -2.09. The van der Waals surface area contributed by atoms with Gasteiger partial charge in [-0.3, -0.25) is 10.1 Å². The lowest BCUT2D eigenvalue weighted by Crippen LogP contribution is -2.13. The minimum absolute atomic E-state index is 0.0929. The van der Waals surface area contributed by atoms with Crippen molar-refractivity contribution < 1.29 is 32.0 Å². The number of rotatable bonds is 3. The molecule has 0 spiro atoms. The van der Waals surface area contributed by atoms with E-state index in [-0.39, 0.29) is 18.7 Å². The molecule has 0 fully saturated rings. The second kappa shape index (κ2) is 5.21. The predicted molar refractivity (Wildman–Crippen MR) is 54.0 cm³/mol. The van der Waals surface area contributed by atoms with Crippen molar-refractivity contribution in [1.29, 1.82) is 0 Å². The molecular weight excluding hydrogens is 274 g/mol. The van der Waals surface area contributed by atoms with Gasteiger partial charge in [-0.05, 0) is 13.0 Å². The molecule has 0 atom stereocenters. The maximum absolute atomic E-state index is 13.4. The number of nitrogens with zero attached hydrogens (tertiary/aromatic N) is 1. The van der Waals surface area contributed by atoms with E-state index in [1.54, 1.807) is 0 Å². The van der Waals surface area contributed by atoms with Gasteiger partial charge in [0.05, 0.1) is 11.5 Å². The number of halogens is 4. The molecule has 19 heavy (non-hydrogen) atoms. The van der Waals surface area contributed by atoms with E-state index in [9.17, 15) is 32.5 Å². The first kappa shape index (κ1) is 14.9. The van der Waals surface area contributed by atoms with Gasteiger partial charge in [-0.1, -0.05) is 0 Å². The van der Waals surface area contributed by atoms with E-state index in [1.165, 1.54) is 6.92 Å². The summed E-state index contributed by atoms with van der Waals surface area (Å²) in [6.07, 6.45) is -5.10. The second-order valence-corrected chi connectivity index (χ2v) is 3.32. The summed E-state index contributed by atoms with van der Waals surface area (Å²) in [4.78, 5) is 20.4. The summed E-state index contributed by atoms with van der Waals surface area (Å²) >= 11 is 0. The Balaban J connectivity index is 3.45. The topological polar surface area (TPSA) is 69.4 Å². The Morgan fingerprint density at radius 2 is 2.00 bits per heavy atom. The van der Waals surface area contributed by atoms with Gasteiger partial charge in [-0.25, -0.2) is 9.18 Å². The van der Waals surface area contributed by atoms with Crippen LogP contribution in [0.5, 0.6) is 0 Å². The van der Waals surface area contributed by atoms with Crippen molar-refractivity contribution in [3.8, 4) is 0 Å². The van der Waals surface area contributed by atoms with Gasteiger partial charge in [0.1, 0.15) is 16.9 Å². The summed E-state index contributed by atoms with van der Waals surface area (Å²) in [5.74, 6) is -2.80. The molecule has 0 aliphatic carbocycles. The molecular formula is C10H7F4NO4. The van der Waals surface area contributed by atoms with E-state index < -0.39 is 39.7 Å². The van der Waals surface area contributed by atoms with Crippen molar-refractivity contribution in [2.45, 2.75) is 13.1 Å². The zero-order chi connectivity index (χ0) is 14.8. The molecule has 0 aliphatic heterocycles. The normalized spacial score (nSPS) is 11.2. The molecule has 0 amide bonds. The van der Waals surface area contributed by atoms with Crippen molar-refractivity contribution in [2.24, 2.45) is 0 Å². The summed E-state index contributed by atoms with van der Waals surface area (Å²) in [5.41, 5.74) is -4.08. The number of nitro benzene ring substituents is 1. The third kappa shape index (κ3) is 3.18. The molecule has 0 bridgehead atoms. The van der Waals surface area contributed by atoms with Crippen molar-refractivity contribution in [2.75, 3.05) is 6.61 Å². The molecule has 0 heterocycles. The molecule has 0 unspecified atom stereocenters. The largest absolute Gasteiger partial charge is 0.462 e. The lowest BCUT2D eigenvalue weighted by atomic mass is 10.1. The van der Waals surface area contributed by atoms with Gasteiger partial charge in [0.2, 0.25) is 0 Å². The van der Waals surface area contributed by atoms with Gasteiger partial charge in [0, 0.05) is 6.07 Å². The molecule has 0 saturated carbocycles. The highest BCUT2D eigenvalue weighted by Gasteiger charge is 2.40. The van der Waals surface area contributed by atoms with Gasteiger partial charge >= 0.3 is 12.1 Å². The molecule has 0 radical (unpaired) electrons. The fourth-order valence-corrected chi connectivity index (χ4v) is 1.31. The number of carbonyl (C=O) groups is 1. The third-order valence-corrected chi connectivity index (χ3v) is 2.08. The quantitative estimate of drug-likeness (QED) is 0.369. The second-order valence-electron chi connectivity index (χ2n) is 3.32. The van der Waals surface area contributed by atoms with Crippen molar-refractivity contribution in [1.82, 2.24) is 0 Å². The first-order valence-corrected chi connectivity index (χ1v) is 4.90. The van der Waals surface area contributed by atoms with E-state index >= 15 is 0 Å². The highest BCUT2D eigenvalue weighted by atomic mass is 19.4. The van der Waals surface area contributed by atoms with E-state index in [1.807, 2.05) is 0 Å². The Morgan fingerprint density at radius 1 is 1.42 bits per heavy atom. The first-order chi connectivity index (χ1) is 8.68. The van der Waals surface area contributed by atoms with Crippen LogP contribution in [0.2, 0.25) is 0 Å². The van der Waals surface area contributed by atoms with Crippen LogP contribution >= 0.6 is 0 Å². The van der Waals surface area contributed by atoms with Crippen LogP contribution in [0.4, 0.5) is 23.2 Å². The zero-order valence-electron chi connectivity index (χ0n) is 9.45. The highest BCUT2D eigenvalue weighted by Crippen LogP contribution is 2.37. The maximum atomic E-state index is 13.4. The smallest absolute Gasteiger partial charge is 0.423 e. The predicted octanol–water partition coefficient (Wildman–Crippen LogP) is 2.93. The van der Waals surface area contributed by atoms with Crippen molar-refractivity contribution >= 4 is 11.7 Å². The van der Waals surface area contributed by atoms with Crippen LogP contribution in [0, 0.1) is 15.9 Å². The van der Waals surface area contributed by atoms with E-state index in [4.69, 9.17) is 0 Å². The molecule has 9 heteroatoms. The van der Waals surface area contributed by atoms with E-state index in [2.05, 4.69) is 4.74 Å². The van der Waals surface area contributed by atoms with Gasteiger partial charge in [-0.2, -0.15) is 13.2 Å². The number of ether oxygens (including phenoxy) is 1. The number of hydrogen-bond donors (Lipinski definition) is 0. The Labute approximate surface area is 103 Å². The molecule has 0 N–H and O–H groups in total. The average molecular weight is 281 g/mol. The first-order valence-electron chi connectivity index (χ1n) is 4.90. The molecule has 0 saturated heterocycles. The summed E-state index contributed by atoms with van der Waals surface area (Å²) in [6, 6.07) is 0.126. The summed E-state index contributed by atoms with van der Waals surface area (Å²) in [6.45, 7) is 1.25. The monoisotopic (exact) mass is 281 g/mol. The molecule has 0 aromatic heterocycles. The van der Waals surface area contributed by atoms with Crippen LogP contribution in [-0.2, 0) is 10.9 Å². The van der Waals surface area contributed by atoms with Gasteiger partial charge in [0.15, 0.2) is 0 Å². The molecule has 0 aliphatic rings. The molecule has 1 aromatic rings. The number of nitro groups is 1. The van der Waals surface area contributed by atoms with Crippen molar-refractivity contribution in [3.63, 3.8) is 0 Å². The van der Waals surface area contributed by atoms with Gasteiger partial charge < -0.3 is 4.74 Å². The SMILES string of the molecule is CCOC(=O)c1cc([N+](=O)[O-])c(C(F)(F)F)cc1F. The molecule has 1 rings (SSSR count). The summed E-state index contributed by atoms with van der Waals surface area (Å²) < 4.78 is 55.2. The van der Waals surface area contributed by atoms with E-state index in [0.717, 1.165) is 0 Å². The number of carbonyl (C=O) groups excluding carboxylic acids is 1. The average Bonchev–Trinajstić information content (AvgIpc) is 2.27. The number of esters is 1. The number of hydrogen-bond acceptors (Lipinski definition) is 4. The molecule has 1 aromatic carbocycles. The van der Waals surface area contributed by atoms with Gasteiger partial charge in [-0.15, -0.1) is 0 Å². The van der Waals surface area contributed by atoms with Crippen molar-refractivity contribution in [3.05, 3.63) is 39.2 Å². The fraction of sp³-hybridized carbons (Fsp3) is 0.300. The Kier molecular flexibility index (Phi) is 4.07. The Morgan fingerprint density at radius 3 is 2.42 bits per heavy atom. The Hall–Kier alpha value is -2.19. The van der Waals surface area contributed by atoms with Gasteiger partial charge in [0.25, 0.3) is 5.69 Å². The summed E-state index contributed by atoms with van der Waals surface area (Å²) in [5, 5.41) is 10.5. The van der Waals surface area contributed by atoms with E-state index in [0.29, 0.717) is 0 Å². The standard InChI is InChI=1S/C10H7F4NO4/c1-2-19-9(16)5-3-8(15(17)18)6(4-7(5)11)10(12,13)14/h3-4H,2H2,1H3. The van der Waals surface area contributed by atoms with Crippen LogP contribution in [0.25, 0.3) is 0 Å². The minimum atomic E-state index is -5.10. The van der Waals surface area contributed by atoms with Crippen LogP contribution in [-0.4, -0.2) is 17.5 Å². The van der Waals surface area contributed by atoms with Crippen LogP contribution < -0.4 is 0 Å². The fourth-order valence-electron chi connectivity index (χ4n) is 1.31. The molecule has 104 valence electrons. The number of benzene rings is 1. The Bertz CT molecular complexity index is 527. The third-order valence-electron chi connectivity index (χ3n) is 2.08. The highest BCUT2D eigenvalue weighted by molar-refractivity contribution is 5.90. The number of alkyl halides is 3. The maximum Gasteiger partial charge on any atom is 0.423 e. The zero-order valence-corrected chi connectivity index (χ0v) is 9.45. The summed E-state index contributed by atoms with van der Waals surface area (Å²) in [7, 11) is 0. The minimum Gasteiger partial charge on any atom is -0.462 e. The molecule has 5 nitrogen and oxygen atoms in total. The lowest BCUT2D eigenvalue weighted by molar-refractivity contribution is -0.388.